The van der Waals surface area contributed by atoms with Crippen molar-refractivity contribution in [2.24, 2.45) is 0 Å². The Morgan fingerprint density at radius 1 is 1.12 bits per heavy atom. The lowest BCUT2D eigenvalue weighted by molar-refractivity contribution is -0.153. The van der Waals surface area contributed by atoms with Gasteiger partial charge in [0.1, 0.15) is 5.38 Å². The van der Waals surface area contributed by atoms with E-state index < -0.39 is 17.1 Å². The molecule has 0 amide bonds. The minimum absolute atomic E-state index is 0.213. The number of hydrogen-bond donors (Lipinski definition) is 0. The van der Waals surface area contributed by atoms with Crippen LogP contribution < -0.4 is 0 Å². The lowest BCUT2D eigenvalue weighted by Crippen LogP contribution is -2.26. The molecular formula is C12H21ClO3. The highest BCUT2D eigenvalue weighted by molar-refractivity contribution is 6.47. The molecule has 1 atom stereocenters. The minimum atomic E-state index is -0.809. The van der Waals surface area contributed by atoms with Gasteiger partial charge in [0, 0.05) is 0 Å². The Labute approximate surface area is 102 Å². The van der Waals surface area contributed by atoms with Crippen molar-refractivity contribution in [3.8, 4) is 0 Å². The number of ether oxygens (including phenoxy) is 1. The largest absolute Gasteiger partial charge is 0.460 e. The lowest BCUT2D eigenvalue weighted by Gasteiger charge is -2.07. The highest BCUT2D eigenvalue weighted by Gasteiger charge is 2.23. The number of Topliss-reactive ketones (excluding diaryl/α,β-unsaturated/α-hetero) is 1. The molecule has 0 radical (unpaired) electrons. The summed E-state index contributed by atoms with van der Waals surface area (Å²) in [5.74, 6) is -1.42. The van der Waals surface area contributed by atoms with E-state index >= 15 is 0 Å². The third kappa shape index (κ3) is 6.83. The number of carbonyl (C=O) groups is 2. The van der Waals surface area contributed by atoms with Crippen LogP contribution in [-0.4, -0.2) is 23.7 Å². The van der Waals surface area contributed by atoms with Crippen LogP contribution in [0.15, 0.2) is 0 Å². The van der Waals surface area contributed by atoms with Crippen LogP contribution >= 0.6 is 11.6 Å². The normalized spacial score (nSPS) is 12.2. The Hall–Kier alpha value is -0.570. The molecule has 0 aliphatic heterocycles. The van der Waals surface area contributed by atoms with Gasteiger partial charge in [0.05, 0.1) is 6.61 Å². The molecule has 4 heteroatoms. The molecule has 0 aromatic heterocycles. The highest BCUT2D eigenvalue weighted by atomic mass is 35.5. The van der Waals surface area contributed by atoms with E-state index in [1.165, 1.54) is 12.8 Å². The van der Waals surface area contributed by atoms with Crippen LogP contribution in [0.3, 0.4) is 0 Å². The average molecular weight is 249 g/mol. The fourth-order valence-corrected chi connectivity index (χ4v) is 1.63. The first kappa shape index (κ1) is 15.4. The molecule has 0 saturated carbocycles. The first-order chi connectivity index (χ1) is 7.63. The molecule has 3 nitrogen and oxygen atoms in total. The van der Waals surface area contributed by atoms with Gasteiger partial charge in [-0.25, -0.2) is 4.79 Å². The van der Waals surface area contributed by atoms with E-state index in [-0.39, 0.29) is 6.61 Å². The van der Waals surface area contributed by atoms with Crippen molar-refractivity contribution in [3.63, 3.8) is 0 Å². The van der Waals surface area contributed by atoms with Gasteiger partial charge in [-0.2, -0.15) is 0 Å². The quantitative estimate of drug-likeness (QED) is 0.273. The molecule has 0 saturated heterocycles. The van der Waals surface area contributed by atoms with Gasteiger partial charge in [0.15, 0.2) is 0 Å². The van der Waals surface area contributed by atoms with Crippen molar-refractivity contribution in [3.05, 3.63) is 0 Å². The van der Waals surface area contributed by atoms with Gasteiger partial charge in [-0.05, 0) is 13.3 Å². The van der Waals surface area contributed by atoms with Gasteiger partial charge >= 0.3 is 5.97 Å². The van der Waals surface area contributed by atoms with Gasteiger partial charge < -0.3 is 4.74 Å². The van der Waals surface area contributed by atoms with Gasteiger partial charge in [-0.3, -0.25) is 4.79 Å². The van der Waals surface area contributed by atoms with Crippen molar-refractivity contribution < 1.29 is 14.3 Å². The number of carbonyl (C=O) groups excluding carboxylic acids is 2. The van der Waals surface area contributed by atoms with Crippen LogP contribution in [-0.2, 0) is 14.3 Å². The first-order valence-electron chi connectivity index (χ1n) is 5.98. The summed E-state index contributed by atoms with van der Waals surface area (Å²) in [5, 5.41) is -0.722. The predicted molar refractivity (Wildman–Crippen MR) is 64.7 cm³/mol. The number of alkyl halides is 1. The molecule has 0 aliphatic carbocycles. The molecule has 0 rings (SSSR count). The standard InChI is InChI=1S/C12H21ClO3/c1-3-5-6-7-8-9-10(13)11(14)12(15)16-4-2/h10H,3-9H2,1-2H3. The fraction of sp³-hybridized carbons (Fsp3) is 0.833. The summed E-state index contributed by atoms with van der Waals surface area (Å²) in [7, 11) is 0. The summed E-state index contributed by atoms with van der Waals surface area (Å²) < 4.78 is 4.60. The predicted octanol–water partition coefficient (Wildman–Crippen LogP) is 3.09. The van der Waals surface area contributed by atoms with E-state index in [1.807, 2.05) is 0 Å². The second kappa shape index (κ2) is 9.64. The third-order valence-corrected chi connectivity index (χ3v) is 2.74. The van der Waals surface area contributed by atoms with Crippen LogP contribution in [0, 0.1) is 0 Å². The molecule has 94 valence electrons. The van der Waals surface area contributed by atoms with E-state index in [4.69, 9.17) is 11.6 Å². The highest BCUT2D eigenvalue weighted by Crippen LogP contribution is 2.12. The molecule has 0 bridgehead atoms. The van der Waals surface area contributed by atoms with Crippen LogP contribution in [0.25, 0.3) is 0 Å². The Kier molecular flexibility index (Phi) is 9.30. The van der Waals surface area contributed by atoms with Crippen molar-refractivity contribution in [2.45, 2.75) is 57.7 Å². The second-order valence-corrected chi connectivity index (χ2v) is 4.28. The molecule has 0 aromatic rings. The van der Waals surface area contributed by atoms with Gasteiger partial charge in [0.2, 0.25) is 0 Å². The minimum Gasteiger partial charge on any atom is -0.460 e. The van der Waals surface area contributed by atoms with E-state index in [0.29, 0.717) is 6.42 Å². The molecular weight excluding hydrogens is 228 g/mol. The van der Waals surface area contributed by atoms with Crippen LogP contribution in [0.4, 0.5) is 0 Å². The zero-order valence-electron chi connectivity index (χ0n) is 10.1. The SMILES string of the molecule is CCCCCCCC(Cl)C(=O)C(=O)OCC. The zero-order chi connectivity index (χ0) is 12.4. The third-order valence-electron chi connectivity index (χ3n) is 2.32. The van der Waals surface area contributed by atoms with E-state index in [9.17, 15) is 9.59 Å². The maximum Gasteiger partial charge on any atom is 0.376 e. The van der Waals surface area contributed by atoms with Crippen molar-refractivity contribution >= 4 is 23.4 Å². The van der Waals surface area contributed by atoms with Gasteiger partial charge in [-0.1, -0.05) is 39.0 Å². The molecule has 0 aromatic carbocycles. The number of ketones is 1. The fourth-order valence-electron chi connectivity index (χ4n) is 1.39. The number of halogens is 1. The smallest absolute Gasteiger partial charge is 0.376 e. The van der Waals surface area contributed by atoms with Crippen LogP contribution in [0.1, 0.15) is 52.4 Å². The van der Waals surface area contributed by atoms with E-state index in [1.54, 1.807) is 6.92 Å². The number of esters is 1. The van der Waals surface area contributed by atoms with Crippen molar-refractivity contribution in [1.29, 1.82) is 0 Å². The van der Waals surface area contributed by atoms with Gasteiger partial charge in [-0.15, -0.1) is 11.6 Å². The Morgan fingerprint density at radius 3 is 2.31 bits per heavy atom. The zero-order valence-corrected chi connectivity index (χ0v) is 10.9. The number of hydrogen-bond acceptors (Lipinski definition) is 3. The summed E-state index contributed by atoms with van der Waals surface area (Å²) in [6.45, 7) is 4.03. The molecule has 0 heterocycles. The number of rotatable bonds is 9. The first-order valence-corrected chi connectivity index (χ1v) is 6.42. The lowest BCUT2D eigenvalue weighted by atomic mass is 10.1. The monoisotopic (exact) mass is 248 g/mol. The van der Waals surface area contributed by atoms with Crippen molar-refractivity contribution in [1.82, 2.24) is 0 Å². The molecule has 1 unspecified atom stereocenters. The Morgan fingerprint density at radius 2 is 1.75 bits per heavy atom. The maximum atomic E-state index is 11.3. The topological polar surface area (TPSA) is 43.4 Å². The van der Waals surface area contributed by atoms with Crippen LogP contribution in [0.5, 0.6) is 0 Å². The summed E-state index contributed by atoms with van der Waals surface area (Å²) in [6.07, 6.45) is 6.06. The van der Waals surface area contributed by atoms with E-state index in [2.05, 4.69) is 11.7 Å². The van der Waals surface area contributed by atoms with Gasteiger partial charge in [0.25, 0.3) is 5.78 Å². The van der Waals surface area contributed by atoms with Crippen LogP contribution in [0.2, 0.25) is 0 Å². The maximum absolute atomic E-state index is 11.3. The van der Waals surface area contributed by atoms with E-state index in [0.717, 1.165) is 19.3 Å². The molecule has 0 fully saturated rings. The summed E-state index contributed by atoms with van der Waals surface area (Å²) in [4.78, 5) is 22.4. The summed E-state index contributed by atoms with van der Waals surface area (Å²) in [5.41, 5.74) is 0. The molecule has 0 aliphatic rings. The molecule has 16 heavy (non-hydrogen) atoms. The van der Waals surface area contributed by atoms with Crippen molar-refractivity contribution in [2.75, 3.05) is 6.61 Å². The average Bonchev–Trinajstić information content (AvgIpc) is 2.27. The summed E-state index contributed by atoms with van der Waals surface area (Å²) in [6, 6.07) is 0. The Bertz CT molecular complexity index is 216. The molecule has 0 spiro atoms. The molecule has 0 N–H and O–H groups in total. The Balaban J connectivity index is 3.66. The number of unbranched alkanes of at least 4 members (excludes halogenated alkanes) is 4. The second-order valence-electron chi connectivity index (χ2n) is 3.76. The summed E-state index contributed by atoms with van der Waals surface area (Å²) >= 11 is 5.82.